The van der Waals surface area contributed by atoms with Gasteiger partial charge in [-0.05, 0) is 60.7 Å². The molecular formula is C17H22BrFN4O. The number of halogens is 2. The number of hydrogen-bond donors (Lipinski definition) is 1. The molecule has 7 heteroatoms. The second-order valence-corrected chi connectivity index (χ2v) is 6.85. The number of carbonyl (C=O) groups is 1. The van der Waals surface area contributed by atoms with Crippen molar-refractivity contribution in [2.45, 2.75) is 25.4 Å². The largest absolute Gasteiger partial charge is 0.349 e. The van der Waals surface area contributed by atoms with Crippen LogP contribution in [0.25, 0.3) is 0 Å². The summed E-state index contributed by atoms with van der Waals surface area (Å²) >= 11 is 3.33. The molecule has 0 radical (unpaired) electrons. The molecule has 0 saturated heterocycles. The molecule has 1 atom stereocenters. The number of rotatable bonds is 8. The highest BCUT2D eigenvalue weighted by molar-refractivity contribution is 9.10. The predicted octanol–water partition coefficient (Wildman–Crippen LogP) is 2.98. The molecule has 1 N–H and O–H groups in total. The highest BCUT2D eigenvalue weighted by Crippen LogP contribution is 2.18. The number of aromatic nitrogens is 2. The lowest BCUT2D eigenvalue weighted by molar-refractivity contribution is -0.122. The molecule has 0 aliphatic rings. The average molecular weight is 397 g/mol. The van der Waals surface area contributed by atoms with Crippen LogP contribution in [0.2, 0.25) is 0 Å². The second kappa shape index (κ2) is 8.94. The SMILES string of the molecule is CN(C)CCC(NC(=O)CCn1cc(Br)cn1)c1ccc(F)cc1. The minimum absolute atomic E-state index is 0.0466. The van der Waals surface area contributed by atoms with Crippen molar-refractivity contribution in [3.8, 4) is 0 Å². The summed E-state index contributed by atoms with van der Waals surface area (Å²) in [4.78, 5) is 14.3. The van der Waals surface area contributed by atoms with Crippen molar-refractivity contribution in [2.75, 3.05) is 20.6 Å². The smallest absolute Gasteiger partial charge is 0.222 e. The Kier molecular flexibility index (Phi) is 6.93. The van der Waals surface area contributed by atoms with Gasteiger partial charge in [0, 0.05) is 19.2 Å². The third-order valence-corrected chi connectivity index (χ3v) is 4.05. The fraction of sp³-hybridized carbons (Fsp3) is 0.412. The van der Waals surface area contributed by atoms with E-state index in [0.29, 0.717) is 13.0 Å². The summed E-state index contributed by atoms with van der Waals surface area (Å²) in [6.07, 6.45) is 4.62. The Morgan fingerprint density at radius 1 is 1.38 bits per heavy atom. The molecule has 0 aliphatic carbocycles. The molecule has 130 valence electrons. The van der Waals surface area contributed by atoms with Crippen LogP contribution in [0, 0.1) is 5.82 Å². The molecule has 2 rings (SSSR count). The number of benzene rings is 1. The topological polar surface area (TPSA) is 50.2 Å². The molecule has 1 amide bonds. The van der Waals surface area contributed by atoms with Gasteiger partial charge in [0.05, 0.1) is 16.7 Å². The van der Waals surface area contributed by atoms with E-state index in [9.17, 15) is 9.18 Å². The lowest BCUT2D eigenvalue weighted by atomic mass is 10.0. The summed E-state index contributed by atoms with van der Waals surface area (Å²) in [5.74, 6) is -0.324. The van der Waals surface area contributed by atoms with E-state index < -0.39 is 0 Å². The maximum Gasteiger partial charge on any atom is 0.222 e. The van der Waals surface area contributed by atoms with Crippen molar-refractivity contribution in [1.82, 2.24) is 20.0 Å². The third kappa shape index (κ3) is 6.05. The van der Waals surface area contributed by atoms with Crippen LogP contribution in [0.4, 0.5) is 4.39 Å². The van der Waals surface area contributed by atoms with Crippen molar-refractivity contribution in [2.24, 2.45) is 0 Å². The highest BCUT2D eigenvalue weighted by atomic mass is 79.9. The quantitative estimate of drug-likeness (QED) is 0.745. The van der Waals surface area contributed by atoms with Gasteiger partial charge in [-0.25, -0.2) is 4.39 Å². The number of amides is 1. The normalized spacial score (nSPS) is 12.4. The van der Waals surface area contributed by atoms with Crippen molar-refractivity contribution < 1.29 is 9.18 Å². The zero-order valence-electron chi connectivity index (χ0n) is 13.9. The van der Waals surface area contributed by atoms with E-state index in [1.165, 1.54) is 12.1 Å². The monoisotopic (exact) mass is 396 g/mol. The molecule has 24 heavy (non-hydrogen) atoms. The van der Waals surface area contributed by atoms with E-state index in [0.717, 1.165) is 23.0 Å². The van der Waals surface area contributed by atoms with E-state index in [1.807, 2.05) is 20.3 Å². The van der Waals surface area contributed by atoms with Crippen molar-refractivity contribution in [3.63, 3.8) is 0 Å². The highest BCUT2D eigenvalue weighted by Gasteiger charge is 2.15. The Labute approximate surface area is 150 Å². The Morgan fingerprint density at radius 2 is 2.08 bits per heavy atom. The number of carbonyl (C=O) groups excluding carboxylic acids is 1. The molecule has 0 saturated carbocycles. The van der Waals surface area contributed by atoms with Gasteiger partial charge in [-0.3, -0.25) is 9.48 Å². The summed E-state index contributed by atoms with van der Waals surface area (Å²) in [5, 5.41) is 7.18. The van der Waals surface area contributed by atoms with Gasteiger partial charge in [0.2, 0.25) is 5.91 Å². The zero-order valence-corrected chi connectivity index (χ0v) is 15.5. The van der Waals surface area contributed by atoms with Crippen LogP contribution in [0.1, 0.15) is 24.4 Å². The van der Waals surface area contributed by atoms with E-state index in [4.69, 9.17) is 0 Å². The number of nitrogens with zero attached hydrogens (tertiary/aromatic N) is 3. The maximum atomic E-state index is 13.1. The van der Waals surface area contributed by atoms with Crippen LogP contribution in [-0.2, 0) is 11.3 Å². The average Bonchev–Trinajstić information content (AvgIpc) is 2.96. The van der Waals surface area contributed by atoms with E-state index in [-0.39, 0.29) is 17.8 Å². The number of nitrogens with one attached hydrogen (secondary N) is 1. The molecule has 0 aliphatic heterocycles. The van der Waals surface area contributed by atoms with Gasteiger partial charge in [0.15, 0.2) is 0 Å². The molecular weight excluding hydrogens is 375 g/mol. The molecule has 2 aromatic rings. The van der Waals surface area contributed by atoms with Gasteiger partial charge in [0.25, 0.3) is 0 Å². The van der Waals surface area contributed by atoms with Crippen LogP contribution < -0.4 is 5.32 Å². The summed E-state index contributed by atoms with van der Waals surface area (Å²) < 4.78 is 15.7. The lowest BCUT2D eigenvalue weighted by Crippen LogP contribution is -2.31. The first-order valence-electron chi connectivity index (χ1n) is 7.81. The predicted molar refractivity (Wildman–Crippen MR) is 95.0 cm³/mol. The lowest BCUT2D eigenvalue weighted by Gasteiger charge is -2.21. The van der Waals surface area contributed by atoms with Crippen molar-refractivity contribution in [1.29, 1.82) is 0 Å². The van der Waals surface area contributed by atoms with Gasteiger partial charge in [-0.1, -0.05) is 12.1 Å². The maximum absolute atomic E-state index is 13.1. The number of hydrogen-bond acceptors (Lipinski definition) is 3. The van der Waals surface area contributed by atoms with Gasteiger partial charge in [-0.2, -0.15) is 5.10 Å². The molecule has 0 spiro atoms. The molecule has 5 nitrogen and oxygen atoms in total. The van der Waals surface area contributed by atoms with E-state index in [2.05, 4.69) is 31.2 Å². The first-order chi connectivity index (χ1) is 11.4. The first-order valence-corrected chi connectivity index (χ1v) is 8.61. The van der Waals surface area contributed by atoms with E-state index in [1.54, 1.807) is 23.0 Å². The van der Waals surface area contributed by atoms with Gasteiger partial charge < -0.3 is 10.2 Å². The summed E-state index contributed by atoms with van der Waals surface area (Å²) in [5.41, 5.74) is 0.911. The minimum Gasteiger partial charge on any atom is -0.349 e. The number of aryl methyl sites for hydroxylation is 1. The Balaban J connectivity index is 1.95. The zero-order chi connectivity index (χ0) is 17.5. The van der Waals surface area contributed by atoms with Gasteiger partial charge >= 0.3 is 0 Å². The molecule has 1 aromatic heterocycles. The van der Waals surface area contributed by atoms with Crippen molar-refractivity contribution >= 4 is 21.8 Å². The molecule has 0 bridgehead atoms. The minimum atomic E-state index is -0.277. The van der Waals surface area contributed by atoms with Crippen LogP contribution in [-0.4, -0.2) is 41.2 Å². The molecule has 1 aromatic carbocycles. The second-order valence-electron chi connectivity index (χ2n) is 5.94. The Bertz CT molecular complexity index is 657. The fourth-order valence-electron chi connectivity index (χ4n) is 2.35. The molecule has 1 heterocycles. The van der Waals surface area contributed by atoms with Crippen LogP contribution >= 0.6 is 15.9 Å². The summed E-state index contributed by atoms with van der Waals surface area (Å²) in [6, 6.07) is 6.16. The Hall–Kier alpha value is -1.73. The van der Waals surface area contributed by atoms with Gasteiger partial charge in [0.1, 0.15) is 5.82 Å². The molecule has 0 fully saturated rings. The van der Waals surface area contributed by atoms with Crippen molar-refractivity contribution in [3.05, 3.63) is 52.5 Å². The summed E-state index contributed by atoms with van der Waals surface area (Å²) in [6.45, 7) is 1.34. The van der Waals surface area contributed by atoms with Crippen LogP contribution in [0.5, 0.6) is 0 Å². The third-order valence-electron chi connectivity index (χ3n) is 3.64. The first kappa shape index (κ1) is 18.6. The molecule has 1 unspecified atom stereocenters. The van der Waals surface area contributed by atoms with E-state index >= 15 is 0 Å². The standard InChI is InChI=1S/C17H22BrFN4O/c1-22(2)9-7-16(13-3-5-15(19)6-4-13)21-17(24)8-10-23-12-14(18)11-20-23/h3-6,11-12,16H,7-10H2,1-2H3,(H,21,24). The fourth-order valence-corrected chi connectivity index (χ4v) is 2.68. The summed E-state index contributed by atoms with van der Waals surface area (Å²) in [7, 11) is 3.97. The van der Waals surface area contributed by atoms with Crippen LogP contribution in [0.3, 0.4) is 0 Å². The van der Waals surface area contributed by atoms with Gasteiger partial charge in [-0.15, -0.1) is 0 Å². The Morgan fingerprint density at radius 3 is 2.67 bits per heavy atom. The van der Waals surface area contributed by atoms with Crippen LogP contribution in [0.15, 0.2) is 41.1 Å².